The first kappa shape index (κ1) is 33.0. The van der Waals surface area contributed by atoms with Crippen LogP contribution in [0.25, 0.3) is 97.0 Å². The van der Waals surface area contributed by atoms with Crippen LogP contribution in [0, 0.1) is 0 Å². The summed E-state index contributed by atoms with van der Waals surface area (Å²) < 4.78 is 0. The number of nitrogens with zero attached hydrogens (tertiary/aromatic N) is 3. The molecule has 0 saturated carbocycles. The Morgan fingerprint density at radius 3 is 1.02 bits per heavy atom. The van der Waals surface area contributed by atoms with Gasteiger partial charge in [0, 0.05) is 48.5 Å². The lowest BCUT2D eigenvalue weighted by atomic mass is 9.98. The molecule has 0 atom stereocenters. The van der Waals surface area contributed by atoms with E-state index in [0.29, 0.717) is 0 Å². The highest BCUT2D eigenvalue weighted by molar-refractivity contribution is 6.44. The molecule has 3 heteroatoms. The molecule has 0 bridgehead atoms. The summed E-state index contributed by atoms with van der Waals surface area (Å²) in [6, 6.07) is 71.4. The van der Waals surface area contributed by atoms with E-state index in [1.54, 1.807) is 0 Å². The summed E-state index contributed by atoms with van der Waals surface area (Å²) in [4.78, 5) is 17.0. The van der Waals surface area contributed by atoms with Gasteiger partial charge in [0.1, 0.15) is 0 Å². The first-order valence-corrected chi connectivity index (χ1v) is 20.5. The minimum Gasteiger partial charge on any atom is -0.248 e. The van der Waals surface area contributed by atoms with Crippen molar-refractivity contribution in [1.29, 1.82) is 0 Å². The van der Waals surface area contributed by atoms with Gasteiger partial charge < -0.3 is 0 Å². The van der Waals surface area contributed by atoms with Crippen LogP contribution in [0.4, 0.5) is 17.1 Å². The third kappa shape index (κ3) is 4.81. The van der Waals surface area contributed by atoms with E-state index in [-0.39, 0.29) is 0 Å². The van der Waals surface area contributed by atoms with Gasteiger partial charge in [-0.3, -0.25) is 0 Å². The molecule has 0 aliphatic carbocycles. The summed E-state index contributed by atoms with van der Waals surface area (Å²) in [6.45, 7) is 0. The second kappa shape index (κ2) is 12.7. The molecule has 0 fully saturated rings. The van der Waals surface area contributed by atoms with E-state index in [1.807, 2.05) is 0 Å². The number of hydrogen-bond acceptors (Lipinski definition) is 3. The Bertz CT molecular complexity index is 4070. The van der Waals surface area contributed by atoms with Gasteiger partial charge in [-0.25, -0.2) is 15.0 Å². The maximum Gasteiger partial charge on any atom is 0.0807 e. The number of rotatable bonds is 3. The van der Waals surface area contributed by atoms with E-state index in [0.717, 1.165) is 65.5 Å². The molecule has 0 radical (unpaired) electrons. The Hall–Kier alpha value is -8.01. The third-order valence-electron chi connectivity index (χ3n) is 12.5. The van der Waals surface area contributed by atoms with Crippen LogP contribution in [0.2, 0.25) is 0 Å². The molecule has 0 N–H and O–H groups in total. The van der Waals surface area contributed by atoms with Crippen molar-refractivity contribution < 1.29 is 0 Å². The van der Waals surface area contributed by atoms with E-state index in [9.17, 15) is 0 Å². The van der Waals surface area contributed by atoms with Gasteiger partial charge in [-0.1, -0.05) is 140 Å². The van der Waals surface area contributed by atoms with Crippen molar-refractivity contribution in [1.82, 2.24) is 0 Å². The zero-order chi connectivity index (χ0) is 39.3. The Kier molecular flexibility index (Phi) is 7.01. The fourth-order valence-electron chi connectivity index (χ4n) is 9.92. The molecular formula is C57H33N3. The average molecular weight is 760 g/mol. The highest BCUT2D eigenvalue weighted by Gasteiger charge is 2.27. The lowest BCUT2D eigenvalue weighted by Crippen LogP contribution is -2.03. The van der Waals surface area contributed by atoms with Crippen molar-refractivity contribution in [2.24, 2.45) is 15.0 Å². The van der Waals surface area contributed by atoms with Gasteiger partial charge in [0.25, 0.3) is 0 Å². The maximum absolute atomic E-state index is 5.68. The molecule has 13 rings (SSSR count). The van der Waals surface area contributed by atoms with Crippen molar-refractivity contribution in [3.05, 3.63) is 216 Å². The average Bonchev–Trinajstić information content (AvgIpc) is 3.90. The van der Waals surface area contributed by atoms with Gasteiger partial charge in [0.2, 0.25) is 0 Å². The Morgan fingerprint density at radius 2 is 0.550 bits per heavy atom. The fourth-order valence-corrected chi connectivity index (χ4v) is 9.92. The molecule has 0 amide bonds. The second-order valence-corrected chi connectivity index (χ2v) is 15.8. The molecule has 0 spiro atoms. The van der Waals surface area contributed by atoms with Gasteiger partial charge in [-0.15, -0.1) is 0 Å². The summed E-state index contributed by atoms with van der Waals surface area (Å²) >= 11 is 0. The summed E-state index contributed by atoms with van der Waals surface area (Å²) in [5.74, 6) is 0. The number of para-hydroxylation sites is 3. The van der Waals surface area contributed by atoms with Gasteiger partial charge in [0.05, 0.1) is 33.1 Å². The van der Waals surface area contributed by atoms with E-state index in [1.165, 1.54) is 64.6 Å². The van der Waals surface area contributed by atoms with Crippen LogP contribution in [-0.2, 0) is 0 Å². The van der Waals surface area contributed by atoms with E-state index < -0.39 is 0 Å². The molecule has 13 aromatic rings. The van der Waals surface area contributed by atoms with Crippen LogP contribution < -0.4 is 16.1 Å². The highest BCUT2D eigenvalue weighted by Crippen LogP contribution is 2.46. The van der Waals surface area contributed by atoms with Gasteiger partial charge >= 0.3 is 0 Å². The van der Waals surface area contributed by atoms with Crippen molar-refractivity contribution in [2.75, 3.05) is 0 Å². The van der Waals surface area contributed by atoms with Crippen LogP contribution in [0.3, 0.4) is 0 Å². The predicted molar refractivity (Wildman–Crippen MR) is 253 cm³/mol. The molecule has 60 heavy (non-hydrogen) atoms. The summed E-state index contributed by atoms with van der Waals surface area (Å²) in [7, 11) is 0. The molecule has 276 valence electrons. The smallest absolute Gasteiger partial charge is 0.0807 e. The zero-order valence-corrected chi connectivity index (χ0v) is 32.4. The van der Waals surface area contributed by atoms with Crippen LogP contribution in [0.1, 0.15) is 0 Å². The van der Waals surface area contributed by atoms with Gasteiger partial charge in [0.15, 0.2) is 0 Å². The normalized spacial score (nSPS) is 13.3. The van der Waals surface area contributed by atoms with Crippen LogP contribution in [0.15, 0.2) is 215 Å². The Morgan fingerprint density at radius 1 is 0.200 bits per heavy atom. The predicted octanol–water partition coefficient (Wildman–Crippen LogP) is 14.1. The quantitative estimate of drug-likeness (QED) is 0.172. The lowest BCUT2D eigenvalue weighted by Gasteiger charge is -2.05. The summed E-state index contributed by atoms with van der Waals surface area (Å²) in [5.41, 5.74) is 2.74. The maximum atomic E-state index is 5.68. The van der Waals surface area contributed by atoms with Crippen molar-refractivity contribution >= 4 is 114 Å². The molecule has 0 aromatic heterocycles. The van der Waals surface area contributed by atoms with Gasteiger partial charge in [-0.2, -0.15) is 0 Å². The Balaban J connectivity index is 1.44. The standard InChI is InChI=1S/C57H33N3/c1-4-21-39(22-5-1)58-55-46-32-37-19-12-10-17-35(37)30-44(46)50-52(55)49-43-29-28-34-16-14-15-27-42(34)48(43)57(60-41-25-8-3-9-26-41)54(49)51-45-31-36-18-11-13-20-38(36)33-47(45)56(53(50)51)59-40-23-6-2-7-24-40/h1-33H/b58-55-,59-56+,60-57-. The van der Waals surface area contributed by atoms with Crippen molar-refractivity contribution in [3.63, 3.8) is 0 Å². The topological polar surface area (TPSA) is 37.1 Å². The fraction of sp³-hybridized carbons (Fsp3) is 0. The van der Waals surface area contributed by atoms with Crippen molar-refractivity contribution in [2.45, 2.75) is 0 Å². The molecular weight excluding hydrogens is 727 g/mol. The van der Waals surface area contributed by atoms with Crippen LogP contribution in [-0.4, -0.2) is 0 Å². The second-order valence-electron chi connectivity index (χ2n) is 15.8. The molecule has 0 saturated heterocycles. The lowest BCUT2D eigenvalue weighted by molar-refractivity contribution is 1.41. The Labute approximate surface area is 343 Å². The first-order chi connectivity index (χ1) is 29.8. The SMILES string of the molecule is c1ccc(/N=c2/c3cc4ccccc4cc3c3c2c2c4ccc5ccccc5c4/c(=N/c4ccccc4)c2c2c4cc5ccccc5cc4/c(=N\c4ccccc4)c32)cc1. The monoisotopic (exact) mass is 759 g/mol. The van der Waals surface area contributed by atoms with Crippen molar-refractivity contribution in [3.8, 4) is 0 Å². The molecule has 0 heterocycles. The highest BCUT2D eigenvalue weighted by atomic mass is 14.7. The number of fused-ring (bicyclic) bond motifs is 16. The zero-order valence-electron chi connectivity index (χ0n) is 32.4. The minimum atomic E-state index is 0.913. The van der Waals surface area contributed by atoms with Crippen LogP contribution in [0.5, 0.6) is 0 Å². The minimum absolute atomic E-state index is 0.913. The molecule has 0 aliphatic heterocycles. The molecule has 0 aliphatic rings. The molecule has 3 nitrogen and oxygen atoms in total. The van der Waals surface area contributed by atoms with Gasteiger partial charge in [-0.05, 0) is 109 Å². The van der Waals surface area contributed by atoms with E-state index in [2.05, 4.69) is 200 Å². The number of benzene rings is 10. The first-order valence-electron chi connectivity index (χ1n) is 20.5. The summed E-state index contributed by atoms with van der Waals surface area (Å²) in [6.07, 6.45) is 0. The molecule has 0 unspecified atom stereocenters. The summed E-state index contributed by atoms with van der Waals surface area (Å²) in [5, 5.41) is 23.9. The number of hydrogen-bond donors (Lipinski definition) is 0. The largest absolute Gasteiger partial charge is 0.248 e. The molecule has 13 aromatic carbocycles. The van der Waals surface area contributed by atoms with E-state index in [4.69, 9.17) is 15.0 Å². The van der Waals surface area contributed by atoms with Crippen LogP contribution >= 0.6 is 0 Å². The van der Waals surface area contributed by atoms with E-state index >= 15 is 0 Å². The third-order valence-corrected chi connectivity index (χ3v) is 12.5.